The van der Waals surface area contributed by atoms with Crippen LogP contribution in [0, 0.1) is 0 Å². The van der Waals surface area contributed by atoms with Crippen LogP contribution in [-0.4, -0.2) is 28.3 Å². The Morgan fingerprint density at radius 3 is 2.26 bits per heavy atom. The Bertz CT molecular complexity index is 1030. The summed E-state index contributed by atoms with van der Waals surface area (Å²) in [6.45, 7) is 8.05. The topological polar surface area (TPSA) is 49.4 Å². The molecule has 1 N–H and O–H groups in total. The van der Waals surface area contributed by atoms with Gasteiger partial charge in [0.15, 0.2) is 0 Å². The molecule has 0 spiro atoms. The molecule has 0 heterocycles. The van der Waals surface area contributed by atoms with Crippen molar-refractivity contribution in [3.05, 3.63) is 83.9 Å². The fourth-order valence-electron chi connectivity index (χ4n) is 3.73. The SMILES string of the molecule is CC(C(=O)NC(C)(C)C)N(Cc1ccccc1)C(=O)CCc1cccc2ccccc12. The van der Waals surface area contributed by atoms with Crippen LogP contribution in [0.25, 0.3) is 10.8 Å². The van der Waals surface area contributed by atoms with E-state index >= 15 is 0 Å². The molecule has 0 bridgehead atoms. The zero-order valence-electron chi connectivity index (χ0n) is 18.9. The second kappa shape index (κ2) is 9.78. The first kappa shape index (κ1) is 22.5. The number of hydrogen-bond acceptors (Lipinski definition) is 2. The first-order chi connectivity index (χ1) is 14.7. The molecule has 1 atom stereocenters. The number of carbonyl (C=O) groups excluding carboxylic acids is 2. The van der Waals surface area contributed by atoms with Crippen LogP contribution in [0.2, 0.25) is 0 Å². The van der Waals surface area contributed by atoms with Crippen molar-refractivity contribution in [2.24, 2.45) is 0 Å². The number of nitrogens with zero attached hydrogens (tertiary/aromatic N) is 1. The molecule has 0 aromatic heterocycles. The van der Waals surface area contributed by atoms with Gasteiger partial charge in [0.2, 0.25) is 11.8 Å². The van der Waals surface area contributed by atoms with Crippen LogP contribution in [0.15, 0.2) is 72.8 Å². The molecule has 1 unspecified atom stereocenters. The lowest BCUT2D eigenvalue weighted by molar-refractivity contribution is -0.141. The van der Waals surface area contributed by atoms with Gasteiger partial charge in [-0.3, -0.25) is 9.59 Å². The standard InChI is InChI=1S/C27H32N2O2/c1-20(26(31)28-27(2,3)4)29(19-21-11-6-5-7-12-21)25(30)18-17-23-15-10-14-22-13-8-9-16-24(22)23/h5-16,20H,17-19H2,1-4H3,(H,28,31). The van der Waals surface area contributed by atoms with Gasteiger partial charge in [0.1, 0.15) is 6.04 Å². The van der Waals surface area contributed by atoms with E-state index in [1.54, 1.807) is 11.8 Å². The highest BCUT2D eigenvalue weighted by atomic mass is 16.2. The van der Waals surface area contributed by atoms with Gasteiger partial charge in [0.05, 0.1) is 0 Å². The van der Waals surface area contributed by atoms with Crippen molar-refractivity contribution in [1.29, 1.82) is 0 Å². The lowest BCUT2D eigenvalue weighted by Crippen LogP contribution is -2.52. The zero-order chi connectivity index (χ0) is 22.4. The number of amides is 2. The molecular formula is C27H32N2O2. The van der Waals surface area contributed by atoms with Crippen LogP contribution >= 0.6 is 0 Å². The summed E-state index contributed by atoms with van der Waals surface area (Å²) in [4.78, 5) is 27.8. The van der Waals surface area contributed by atoms with Crippen LogP contribution in [0.3, 0.4) is 0 Å². The first-order valence-electron chi connectivity index (χ1n) is 10.9. The van der Waals surface area contributed by atoms with Gasteiger partial charge < -0.3 is 10.2 Å². The minimum Gasteiger partial charge on any atom is -0.350 e. The van der Waals surface area contributed by atoms with Crippen molar-refractivity contribution in [3.63, 3.8) is 0 Å². The first-order valence-corrected chi connectivity index (χ1v) is 10.9. The zero-order valence-corrected chi connectivity index (χ0v) is 18.9. The third-order valence-electron chi connectivity index (χ3n) is 5.35. The van der Waals surface area contributed by atoms with E-state index in [2.05, 4.69) is 29.6 Å². The fraction of sp³-hybridized carbons (Fsp3) is 0.333. The molecule has 3 rings (SSSR count). The van der Waals surface area contributed by atoms with Crippen LogP contribution < -0.4 is 5.32 Å². The van der Waals surface area contributed by atoms with Crippen molar-refractivity contribution in [1.82, 2.24) is 10.2 Å². The molecule has 3 aromatic rings. The van der Waals surface area contributed by atoms with Crippen molar-refractivity contribution in [3.8, 4) is 0 Å². The number of nitrogens with one attached hydrogen (secondary N) is 1. The van der Waals surface area contributed by atoms with Crippen LogP contribution in [0.1, 0.15) is 45.2 Å². The van der Waals surface area contributed by atoms with Gasteiger partial charge in [-0.15, -0.1) is 0 Å². The molecule has 0 saturated heterocycles. The maximum atomic E-state index is 13.3. The second-order valence-corrected chi connectivity index (χ2v) is 9.06. The Labute approximate surface area is 185 Å². The van der Waals surface area contributed by atoms with Crippen molar-refractivity contribution in [2.75, 3.05) is 0 Å². The highest BCUT2D eigenvalue weighted by Crippen LogP contribution is 2.21. The Balaban J connectivity index is 1.78. The van der Waals surface area contributed by atoms with E-state index in [4.69, 9.17) is 0 Å². The Hall–Kier alpha value is -3.14. The largest absolute Gasteiger partial charge is 0.350 e. The van der Waals surface area contributed by atoms with Gasteiger partial charge >= 0.3 is 0 Å². The van der Waals surface area contributed by atoms with Gasteiger partial charge in [-0.25, -0.2) is 0 Å². The summed E-state index contributed by atoms with van der Waals surface area (Å²) in [5.41, 5.74) is 1.81. The van der Waals surface area contributed by atoms with E-state index in [1.165, 1.54) is 10.8 Å². The van der Waals surface area contributed by atoms with Gasteiger partial charge in [0.25, 0.3) is 0 Å². The van der Waals surface area contributed by atoms with Gasteiger partial charge in [0, 0.05) is 18.5 Å². The summed E-state index contributed by atoms with van der Waals surface area (Å²) < 4.78 is 0. The number of aryl methyl sites for hydroxylation is 1. The molecule has 0 aliphatic heterocycles. The smallest absolute Gasteiger partial charge is 0.242 e. The highest BCUT2D eigenvalue weighted by molar-refractivity contribution is 5.89. The number of benzene rings is 3. The minimum atomic E-state index is -0.556. The van der Waals surface area contributed by atoms with Crippen LogP contribution in [0.5, 0.6) is 0 Å². The third-order valence-corrected chi connectivity index (χ3v) is 5.35. The Morgan fingerprint density at radius 2 is 1.55 bits per heavy atom. The lowest BCUT2D eigenvalue weighted by Gasteiger charge is -2.31. The number of hydrogen-bond donors (Lipinski definition) is 1. The molecule has 31 heavy (non-hydrogen) atoms. The maximum Gasteiger partial charge on any atom is 0.242 e. The predicted molar refractivity (Wildman–Crippen MR) is 127 cm³/mol. The molecule has 0 aliphatic carbocycles. The molecule has 0 saturated carbocycles. The molecular weight excluding hydrogens is 384 g/mol. The highest BCUT2D eigenvalue weighted by Gasteiger charge is 2.28. The van der Waals surface area contributed by atoms with E-state index in [-0.39, 0.29) is 17.4 Å². The third kappa shape index (κ3) is 6.17. The minimum absolute atomic E-state index is 0.0200. The van der Waals surface area contributed by atoms with E-state index in [1.807, 2.05) is 69.3 Å². The van der Waals surface area contributed by atoms with Crippen molar-refractivity contribution >= 4 is 22.6 Å². The van der Waals surface area contributed by atoms with Crippen LogP contribution in [0.4, 0.5) is 0 Å². The van der Waals surface area contributed by atoms with E-state index in [9.17, 15) is 9.59 Å². The summed E-state index contributed by atoms with van der Waals surface area (Å²) >= 11 is 0. The average Bonchev–Trinajstić information content (AvgIpc) is 2.75. The summed E-state index contributed by atoms with van der Waals surface area (Å²) in [6, 6.07) is 23.7. The Kier molecular flexibility index (Phi) is 7.11. The maximum absolute atomic E-state index is 13.3. The lowest BCUT2D eigenvalue weighted by atomic mass is 10.0. The predicted octanol–water partition coefficient (Wildman–Crippen LogP) is 5.10. The summed E-state index contributed by atoms with van der Waals surface area (Å²) in [6.07, 6.45) is 0.993. The summed E-state index contributed by atoms with van der Waals surface area (Å²) in [7, 11) is 0. The number of fused-ring (bicyclic) bond motifs is 1. The number of carbonyl (C=O) groups is 2. The molecule has 4 heteroatoms. The van der Waals surface area contributed by atoms with Gasteiger partial charge in [-0.05, 0) is 56.0 Å². The molecule has 0 fully saturated rings. The molecule has 2 amide bonds. The van der Waals surface area contributed by atoms with Gasteiger partial charge in [-0.1, -0.05) is 72.8 Å². The summed E-state index contributed by atoms with van der Waals surface area (Å²) in [5, 5.41) is 5.35. The van der Waals surface area contributed by atoms with Crippen molar-refractivity contribution < 1.29 is 9.59 Å². The second-order valence-electron chi connectivity index (χ2n) is 9.06. The molecule has 162 valence electrons. The molecule has 0 radical (unpaired) electrons. The quantitative estimate of drug-likeness (QED) is 0.582. The molecule has 0 aliphatic rings. The van der Waals surface area contributed by atoms with E-state index in [0.29, 0.717) is 19.4 Å². The van der Waals surface area contributed by atoms with Crippen LogP contribution in [-0.2, 0) is 22.6 Å². The summed E-state index contributed by atoms with van der Waals surface area (Å²) in [5.74, 6) is -0.157. The normalized spacial score (nSPS) is 12.4. The van der Waals surface area contributed by atoms with E-state index in [0.717, 1.165) is 11.1 Å². The monoisotopic (exact) mass is 416 g/mol. The Morgan fingerprint density at radius 1 is 0.903 bits per heavy atom. The fourth-order valence-corrected chi connectivity index (χ4v) is 3.73. The molecule has 3 aromatic carbocycles. The average molecular weight is 417 g/mol. The number of rotatable bonds is 7. The van der Waals surface area contributed by atoms with E-state index < -0.39 is 6.04 Å². The molecule has 4 nitrogen and oxygen atoms in total. The van der Waals surface area contributed by atoms with Gasteiger partial charge in [-0.2, -0.15) is 0 Å². The van der Waals surface area contributed by atoms with Crippen molar-refractivity contribution in [2.45, 2.75) is 58.7 Å².